The van der Waals surface area contributed by atoms with Crippen LogP contribution in [0.4, 0.5) is 0 Å². The predicted molar refractivity (Wildman–Crippen MR) is 67.7 cm³/mol. The summed E-state index contributed by atoms with van der Waals surface area (Å²) < 4.78 is 0. The molecule has 0 aliphatic heterocycles. The van der Waals surface area contributed by atoms with Crippen molar-refractivity contribution in [2.75, 3.05) is 6.54 Å². The van der Waals surface area contributed by atoms with Crippen molar-refractivity contribution in [3.63, 3.8) is 0 Å². The molecule has 7 nitrogen and oxygen atoms in total. The molecule has 0 fully saturated rings. The highest BCUT2D eigenvalue weighted by Crippen LogP contribution is 1.96. The normalized spacial score (nSPS) is 11.4. The van der Waals surface area contributed by atoms with Gasteiger partial charge in [-0.1, -0.05) is 6.07 Å². The number of rotatable bonds is 8. The molecule has 1 atom stereocenters. The molecule has 7 heteroatoms. The zero-order chi connectivity index (χ0) is 14.1. The number of carbonyl (C=O) groups is 3. The molecule has 0 spiro atoms. The van der Waals surface area contributed by atoms with Gasteiger partial charge in [-0.25, -0.2) is 0 Å². The van der Waals surface area contributed by atoms with Crippen LogP contribution in [0.3, 0.4) is 0 Å². The third kappa shape index (κ3) is 5.62. The molecule has 0 aliphatic carbocycles. The lowest BCUT2D eigenvalue weighted by atomic mass is 10.1. The SMILES string of the molecule is NC(=O)C[C@H](NC=O)C(=O)NCCc1cccnc1. The van der Waals surface area contributed by atoms with Crippen LogP contribution in [0.5, 0.6) is 0 Å². The number of hydrogen-bond acceptors (Lipinski definition) is 4. The van der Waals surface area contributed by atoms with Gasteiger partial charge >= 0.3 is 0 Å². The molecule has 1 heterocycles. The maximum Gasteiger partial charge on any atom is 0.243 e. The average molecular weight is 264 g/mol. The Morgan fingerprint density at radius 1 is 1.47 bits per heavy atom. The Morgan fingerprint density at radius 3 is 2.84 bits per heavy atom. The van der Waals surface area contributed by atoms with Gasteiger partial charge in [-0.3, -0.25) is 19.4 Å². The van der Waals surface area contributed by atoms with E-state index in [-0.39, 0.29) is 6.42 Å². The van der Waals surface area contributed by atoms with E-state index in [9.17, 15) is 14.4 Å². The number of nitrogens with zero attached hydrogens (tertiary/aromatic N) is 1. The van der Waals surface area contributed by atoms with E-state index < -0.39 is 17.9 Å². The third-order valence-corrected chi connectivity index (χ3v) is 2.43. The second-order valence-electron chi connectivity index (χ2n) is 3.91. The first-order chi connectivity index (χ1) is 9.13. The lowest BCUT2D eigenvalue weighted by Gasteiger charge is -2.14. The smallest absolute Gasteiger partial charge is 0.243 e. The number of aromatic nitrogens is 1. The maximum absolute atomic E-state index is 11.7. The number of pyridine rings is 1. The standard InChI is InChI=1S/C12H16N4O3/c13-11(18)6-10(16-8-17)12(19)15-5-3-9-2-1-4-14-7-9/h1-2,4,7-8,10H,3,5-6H2,(H2,13,18)(H,15,19)(H,16,17)/t10-/m0/s1. The van der Waals surface area contributed by atoms with E-state index in [1.54, 1.807) is 18.5 Å². The number of carbonyl (C=O) groups excluding carboxylic acids is 3. The van der Waals surface area contributed by atoms with Crippen molar-refractivity contribution in [1.82, 2.24) is 15.6 Å². The van der Waals surface area contributed by atoms with Crippen LogP contribution in [0, 0.1) is 0 Å². The van der Waals surface area contributed by atoms with Gasteiger partial charge in [0.05, 0.1) is 6.42 Å². The minimum Gasteiger partial charge on any atom is -0.370 e. The summed E-state index contributed by atoms with van der Waals surface area (Å²) in [6.07, 6.45) is 4.13. The van der Waals surface area contributed by atoms with E-state index in [0.717, 1.165) is 5.56 Å². The zero-order valence-electron chi connectivity index (χ0n) is 10.3. The molecular weight excluding hydrogens is 248 g/mol. The number of primary amides is 1. The van der Waals surface area contributed by atoms with Gasteiger partial charge in [-0.2, -0.15) is 0 Å². The first kappa shape index (κ1) is 14.6. The second-order valence-corrected chi connectivity index (χ2v) is 3.91. The fourth-order valence-corrected chi connectivity index (χ4v) is 1.51. The minimum atomic E-state index is -0.927. The van der Waals surface area contributed by atoms with E-state index in [1.807, 2.05) is 6.07 Å². The van der Waals surface area contributed by atoms with E-state index >= 15 is 0 Å². The van der Waals surface area contributed by atoms with Crippen LogP contribution < -0.4 is 16.4 Å². The van der Waals surface area contributed by atoms with Crippen LogP contribution in [0.15, 0.2) is 24.5 Å². The molecule has 4 N–H and O–H groups in total. The van der Waals surface area contributed by atoms with Crippen LogP contribution in [-0.4, -0.2) is 35.8 Å². The molecule has 1 aromatic heterocycles. The van der Waals surface area contributed by atoms with E-state index in [1.165, 1.54) is 0 Å². The van der Waals surface area contributed by atoms with Crippen molar-refractivity contribution in [1.29, 1.82) is 0 Å². The fraction of sp³-hybridized carbons (Fsp3) is 0.333. The van der Waals surface area contributed by atoms with Gasteiger partial charge in [0.2, 0.25) is 18.2 Å². The molecule has 1 aromatic rings. The van der Waals surface area contributed by atoms with E-state index in [4.69, 9.17) is 5.73 Å². The monoisotopic (exact) mass is 264 g/mol. The molecule has 0 bridgehead atoms. The lowest BCUT2D eigenvalue weighted by Crippen LogP contribution is -2.46. The highest BCUT2D eigenvalue weighted by molar-refractivity contribution is 5.89. The summed E-state index contributed by atoms with van der Waals surface area (Å²) in [5, 5.41) is 4.88. The fourth-order valence-electron chi connectivity index (χ4n) is 1.51. The zero-order valence-corrected chi connectivity index (χ0v) is 10.3. The molecule has 102 valence electrons. The Bertz CT molecular complexity index is 436. The minimum absolute atomic E-state index is 0.225. The predicted octanol–water partition coefficient (Wildman–Crippen LogP) is -1.27. The van der Waals surface area contributed by atoms with E-state index in [0.29, 0.717) is 19.4 Å². The number of hydrogen-bond donors (Lipinski definition) is 3. The third-order valence-electron chi connectivity index (χ3n) is 2.43. The van der Waals surface area contributed by atoms with E-state index in [2.05, 4.69) is 15.6 Å². The van der Waals surface area contributed by atoms with Crippen LogP contribution in [-0.2, 0) is 20.8 Å². The highest BCUT2D eigenvalue weighted by atomic mass is 16.2. The van der Waals surface area contributed by atoms with Crippen LogP contribution in [0.2, 0.25) is 0 Å². The second kappa shape index (κ2) is 7.80. The van der Waals surface area contributed by atoms with Gasteiger partial charge in [0.25, 0.3) is 0 Å². The molecule has 0 radical (unpaired) electrons. The molecule has 0 aliphatic rings. The number of amides is 3. The van der Waals surface area contributed by atoms with Gasteiger partial charge in [-0.15, -0.1) is 0 Å². The average Bonchev–Trinajstić information content (AvgIpc) is 2.39. The summed E-state index contributed by atoms with van der Waals surface area (Å²) in [7, 11) is 0. The van der Waals surface area contributed by atoms with Gasteiger partial charge in [-0.05, 0) is 18.1 Å². The number of nitrogens with two attached hydrogens (primary N) is 1. The maximum atomic E-state index is 11.7. The van der Waals surface area contributed by atoms with Crippen molar-refractivity contribution in [3.8, 4) is 0 Å². The van der Waals surface area contributed by atoms with Gasteiger partial charge in [0, 0.05) is 18.9 Å². The quantitative estimate of drug-likeness (QED) is 0.508. The Hall–Kier alpha value is -2.44. The van der Waals surface area contributed by atoms with Gasteiger partial charge in [0.15, 0.2) is 0 Å². The first-order valence-corrected chi connectivity index (χ1v) is 5.78. The van der Waals surface area contributed by atoms with Crippen molar-refractivity contribution in [2.45, 2.75) is 18.9 Å². The largest absolute Gasteiger partial charge is 0.370 e. The summed E-state index contributed by atoms with van der Waals surface area (Å²) in [6, 6.07) is 2.77. The Labute approximate surface area is 110 Å². The highest BCUT2D eigenvalue weighted by Gasteiger charge is 2.19. The molecule has 3 amide bonds. The topological polar surface area (TPSA) is 114 Å². The Kier molecular flexibility index (Phi) is 6.00. The van der Waals surface area contributed by atoms with Crippen LogP contribution in [0.1, 0.15) is 12.0 Å². The Morgan fingerprint density at radius 2 is 2.26 bits per heavy atom. The van der Waals surface area contributed by atoms with Crippen LogP contribution in [0.25, 0.3) is 0 Å². The van der Waals surface area contributed by atoms with Crippen molar-refractivity contribution < 1.29 is 14.4 Å². The van der Waals surface area contributed by atoms with Crippen molar-refractivity contribution in [3.05, 3.63) is 30.1 Å². The molecular formula is C12H16N4O3. The van der Waals surface area contributed by atoms with Crippen molar-refractivity contribution >= 4 is 18.2 Å². The van der Waals surface area contributed by atoms with Gasteiger partial charge < -0.3 is 16.4 Å². The lowest BCUT2D eigenvalue weighted by molar-refractivity contribution is -0.128. The molecule has 0 saturated carbocycles. The summed E-state index contributed by atoms with van der Waals surface area (Å²) in [6.45, 7) is 0.389. The van der Waals surface area contributed by atoms with Gasteiger partial charge in [0.1, 0.15) is 6.04 Å². The molecule has 0 saturated heterocycles. The van der Waals surface area contributed by atoms with Crippen molar-refractivity contribution in [2.24, 2.45) is 5.73 Å². The summed E-state index contributed by atoms with van der Waals surface area (Å²) in [5.74, 6) is -1.09. The van der Waals surface area contributed by atoms with Crippen LogP contribution >= 0.6 is 0 Å². The summed E-state index contributed by atoms with van der Waals surface area (Å²) in [4.78, 5) is 36.8. The molecule has 1 rings (SSSR count). The first-order valence-electron chi connectivity index (χ1n) is 5.78. The molecule has 19 heavy (non-hydrogen) atoms. The molecule has 0 unspecified atom stereocenters. The summed E-state index contributed by atoms with van der Waals surface area (Å²) >= 11 is 0. The molecule has 0 aromatic carbocycles. The number of nitrogens with one attached hydrogen (secondary N) is 2. The summed E-state index contributed by atoms with van der Waals surface area (Å²) in [5.41, 5.74) is 5.98. The Balaban J connectivity index is 2.39.